The van der Waals surface area contributed by atoms with Gasteiger partial charge in [0.1, 0.15) is 23.2 Å². The van der Waals surface area contributed by atoms with Gasteiger partial charge >= 0.3 is 0 Å². The molecule has 4 nitrogen and oxygen atoms in total. The van der Waals surface area contributed by atoms with Crippen LogP contribution in [-0.2, 0) is 6.61 Å². The molecule has 2 aromatic heterocycles. The number of aromatic nitrogens is 3. The van der Waals surface area contributed by atoms with Gasteiger partial charge in [-0.3, -0.25) is 0 Å². The first kappa shape index (κ1) is 12.7. The minimum atomic E-state index is 0.392. The highest BCUT2D eigenvalue weighted by Gasteiger charge is 2.02. The Hall–Kier alpha value is -2.33. The summed E-state index contributed by atoms with van der Waals surface area (Å²) in [5.74, 6) is 0.670. The van der Waals surface area contributed by atoms with E-state index in [2.05, 4.69) is 10.1 Å². The molecule has 0 amide bonds. The van der Waals surface area contributed by atoms with Crippen molar-refractivity contribution in [3.8, 4) is 11.4 Å². The van der Waals surface area contributed by atoms with E-state index in [1.165, 1.54) is 0 Å². The highest BCUT2D eigenvalue weighted by molar-refractivity contribution is 6.29. The van der Waals surface area contributed by atoms with Crippen LogP contribution in [0.4, 0.5) is 0 Å². The van der Waals surface area contributed by atoms with E-state index in [0.717, 1.165) is 11.4 Å². The first-order valence-corrected chi connectivity index (χ1v) is 6.53. The Kier molecular flexibility index (Phi) is 3.65. The number of hydrogen-bond donors (Lipinski definition) is 0. The zero-order chi connectivity index (χ0) is 13.8. The quantitative estimate of drug-likeness (QED) is 0.689. The molecule has 20 heavy (non-hydrogen) atoms. The molecule has 0 unspecified atom stereocenters. The summed E-state index contributed by atoms with van der Waals surface area (Å²) in [6, 6.07) is 15.3. The van der Waals surface area contributed by atoms with Crippen molar-refractivity contribution in [2.75, 3.05) is 0 Å². The molecule has 0 N–H and O–H groups in total. The predicted molar refractivity (Wildman–Crippen MR) is 77.1 cm³/mol. The summed E-state index contributed by atoms with van der Waals surface area (Å²) in [5.41, 5.74) is 1.87. The molecule has 2 heterocycles. The summed E-state index contributed by atoms with van der Waals surface area (Å²) in [6.45, 7) is 0.392. The molecule has 0 spiro atoms. The minimum absolute atomic E-state index is 0.392. The van der Waals surface area contributed by atoms with Gasteiger partial charge in [0.05, 0.1) is 11.9 Å². The van der Waals surface area contributed by atoms with E-state index in [0.29, 0.717) is 17.5 Å². The summed E-state index contributed by atoms with van der Waals surface area (Å²) in [7, 11) is 0. The average Bonchev–Trinajstić information content (AvgIpc) is 2.97. The molecule has 0 saturated carbocycles. The van der Waals surface area contributed by atoms with Crippen LogP contribution in [0.2, 0.25) is 5.15 Å². The molecule has 0 radical (unpaired) electrons. The number of rotatable bonds is 4. The van der Waals surface area contributed by atoms with Gasteiger partial charge in [-0.2, -0.15) is 5.10 Å². The molecule has 0 aliphatic heterocycles. The molecule has 5 heteroatoms. The Morgan fingerprint density at radius 2 is 1.90 bits per heavy atom. The molecule has 100 valence electrons. The van der Waals surface area contributed by atoms with E-state index in [9.17, 15) is 0 Å². The number of ether oxygens (including phenoxy) is 1. The Morgan fingerprint density at radius 3 is 2.65 bits per heavy atom. The summed E-state index contributed by atoms with van der Waals surface area (Å²) >= 11 is 5.72. The number of nitrogens with zero attached hydrogens (tertiary/aromatic N) is 3. The van der Waals surface area contributed by atoms with Crippen molar-refractivity contribution in [3.05, 3.63) is 71.8 Å². The van der Waals surface area contributed by atoms with E-state index >= 15 is 0 Å². The highest BCUT2D eigenvalue weighted by Crippen LogP contribution is 2.14. The van der Waals surface area contributed by atoms with Crippen molar-refractivity contribution in [2.45, 2.75) is 6.61 Å². The SMILES string of the molecule is Clc1ccc(OCc2ccn(-c3ccccc3)n2)cn1. The third kappa shape index (κ3) is 2.97. The van der Waals surface area contributed by atoms with Gasteiger partial charge < -0.3 is 4.74 Å². The fourth-order valence-electron chi connectivity index (χ4n) is 1.77. The zero-order valence-electron chi connectivity index (χ0n) is 10.6. The molecular weight excluding hydrogens is 274 g/mol. The molecule has 3 rings (SSSR count). The molecule has 0 aliphatic carbocycles. The predicted octanol–water partition coefficient (Wildman–Crippen LogP) is 3.50. The van der Waals surface area contributed by atoms with Crippen LogP contribution in [0, 0.1) is 0 Å². The van der Waals surface area contributed by atoms with Crippen molar-refractivity contribution >= 4 is 11.6 Å². The smallest absolute Gasteiger partial charge is 0.138 e. The van der Waals surface area contributed by atoms with Crippen molar-refractivity contribution in [1.82, 2.24) is 14.8 Å². The van der Waals surface area contributed by atoms with E-state index in [4.69, 9.17) is 16.3 Å². The maximum absolute atomic E-state index is 5.72. The fourth-order valence-corrected chi connectivity index (χ4v) is 1.88. The monoisotopic (exact) mass is 285 g/mol. The van der Waals surface area contributed by atoms with Gasteiger partial charge in [-0.1, -0.05) is 29.8 Å². The van der Waals surface area contributed by atoms with Gasteiger partial charge in [0, 0.05) is 6.20 Å². The number of benzene rings is 1. The van der Waals surface area contributed by atoms with Gasteiger partial charge in [-0.05, 0) is 30.3 Å². The van der Waals surface area contributed by atoms with Crippen LogP contribution >= 0.6 is 11.6 Å². The summed E-state index contributed by atoms with van der Waals surface area (Å²) < 4.78 is 7.42. The summed E-state index contributed by atoms with van der Waals surface area (Å²) in [4.78, 5) is 3.96. The van der Waals surface area contributed by atoms with Gasteiger partial charge in [0.15, 0.2) is 0 Å². The number of para-hydroxylation sites is 1. The first-order valence-electron chi connectivity index (χ1n) is 6.15. The van der Waals surface area contributed by atoms with Crippen LogP contribution in [0.25, 0.3) is 5.69 Å². The van der Waals surface area contributed by atoms with Crippen molar-refractivity contribution in [1.29, 1.82) is 0 Å². The number of halogens is 1. The standard InChI is InChI=1S/C15H12ClN3O/c16-15-7-6-14(10-17-15)20-11-12-8-9-19(18-12)13-4-2-1-3-5-13/h1-10H,11H2. The van der Waals surface area contributed by atoms with Crippen LogP contribution in [0.1, 0.15) is 5.69 Å². The minimum Gasteiger partial charge on any atom is -0.486 e. The first-order chi connectivity index (χ1) is 9.81. The molecular formula is C15H12ClN3O. The lowest BCUT2D eigenvalue weighted by atomic mass is 10.3. The topological polar surface area (TPSA) is 39.9 Å². The van der Waals surface area contributed by atoms with Gasteiger partial charge in [0.25, 0.3) is 0 Å². The van der Waals surface area contributed by atoms with Gasteiger partial charge in [-0.15, -0.1) is 0 Å². The molecule has 1 aromatic carbocycles. The fraction of sp³-hybridized carbons (Fsp3) is 0.0667. The third-order valence-corrected chi connectivity index (χ3v) is 2.98. The second-order valence-corrected chi connectivity index (χ2v) is 4.58. The van der Waals surface area contributed by atoms with E-state index in [1.54, 1.807) is 18.3 Å². The molecule has 0 atom stereocenters. The normalized spacial score (nSPS) is 10.4. The van der Waals surface area contributed by atoms with Crippen LogP contribution < -0.4 is 4.74 Å². The van der Waals surface area contributed by atoms with Crippen LogP contribution in [0.3, 0.4) is 0 Å². The van der Waals surface area contributed by atoms with Gasteiger partial charge in [0.2, 0.25) is 0 Å². The second-order valence-electron chi connectivity index (χ2n) is 4.19. The highest BCUT2D eigenvalue weighted by atomic mass is 35.5. The van der Waals surface area contributed by atoms with Crippen molar-refractivity contribution < 1.29 is 4.74 Å². The number of pyridine rings is 1. The maximum Gasteiger partial charge on any atom is 0.138 e. The summed E-state index contributed by atoms with van der Waals surface area (Å²) in [5, 5.41) is 4.91. The largest absolute Gasteiger partial charge is 0.486 e. The molecule has 0 aliphatic rings. The van der Waals surface area contributed by atoms with E-state index in [-0.39, 0.29) is 0 Å². The van der Waals surface area contributed by atoms with Crippen LogP contribution in [0.15, 0.2) is 60.9 Å². The lowest BCUT2D eigenvalue weighted by molar-refractivity contribution is 0.299. The Balaban J connectivity index is 1.67. The van der Waals surface area contributed by atoms with Crippen LogP contribution in [-0.4, -0.2) is 14.8 Å². The lowest BCUT2D eigenvalue weighted by Gasteiger charge is -2.03. The zero-order valence-corrected chi connectivity index (χ0v) is 11.4. The lowest BCUT2D eigenvalue weighted by Crippen LogP contribution is -1.99. The van der Waals surface area contributed by atoms with Gasteiger partial charge in [-0.25, -0.2) is 9.67 Å². The van der Waals surface area contributed by atoms with Crippen LogP contribution in [0.5, 0.6) is 5.75 Å². The maximum atomic E-state index is 5.72. The van der Waals surface area contributed by atoms with E-state index in [1.807, 2.05) is 47.3 Å². The molecule has 0 fully saturated rings. The average molecular weight is 286 g/mol. The Labute approximate surface area is 121 Å². The molecule has 0 saturated heterocycles. The van der Waals surface area contributed by atoms with Crippen molar-refractivity contribution in [3.63, 3.8) is 0 Å². The number of hydrogen-bond acceptors (Lipinski definition) is 3. The van der Waals surface area contributed by atoms with Crippen molar-refractivity contribution in [2.24, 2.45) is 0 Å². The Bertz CT molecular complexity index is 680. The molecule has 0 bridgehead atoms. The Morgan fingerprint density at radius 1 is 1.05 bits per heavy atom. The third-order valence-electron chi connectivity index (χ3n) is 2.75. The molecule has 3 aromatic rings. The second kappa shape index (κ2) is 5.75. The summed E-state index contributed by atoms with van der Waals surface area (Å²) in [6.07, 6.45) is 3.50. The van der Waals surface area contributed by atoms with E-state index < -0.39 is 0 Å².